The van der Waals surface area contributed by atoms with Crippen molar-refractivity contribution in [3.8, 4) is 0 Å². The Labute approximate surface area is 112 Å². The number of carboxylic acids is 1. The van der Waals surface area contributed by atoms with Crippen molar-refractivity contribution in [2.45, 2.75) is 31.1 Å². The van der Waals surface area contributed by atoms with Crippen LogP contribution in [0.5, 0.6) is 0 Å². The summed E-state index contributed by atoms with van der Waals surface area (Å²) in [6.07, 6.45) is -0.861. The molecule has 0 saturated heterocycles. The molecule has 0 bridgehead atoms. The first-order valence-corrected chi connectivity index (χ1v) is 6.26. The van der Waals surface area contributed by atoms with Crippen LogP contribution in [0.15, 0.2) is 0 Å². The van der Waals surface area contributed by atoms with Crippen molar-refractivity contribution in [1.29, 1.82) is 0 Å². The molecule has 0 radical (unpaired) electrons. The molecule has 0 rings (SSSR count). The van der Waals surface area contributed by atoms with E-state index in [4.69, 9.17) is 25.5 Å². The molecular formula is C11H24N2O6. The smallest absolute Gasteiger partial charge is 0.320 e. The molecule has 19 heavy (non-hydrogen) atoms. The first kappa shape index (κ1) is 18.2. The molecule has 0 spiro atoms. The molecular weight excluding hydrogens is 256 g/mol. The van der Waals surface area contributed by atoms with E-state index < -0.39 is 30.8 Å². The standard InChI is InChI=1S/C11H24N2O6/c14-6-8(16)4-12-3-1-2-10(11(18)19)13-5-9(17)7-15/h8-10,12-17H,1-7H2,(H,18,19)/t8?,9?,10-/m0/s1. The number of carbonyl (C=O) groups is 1. The van der Waals surface area contributed by atoms with Gasteiger partial charge in [0.15, 0.2) is 0 Å². The van der Waals surface area contributed by atoms with Gasteiger partial charge in [0, 0.05) is 13.1 Å². The van der Waals surface area contributed by atoms with E-state index in [1.165, 1.54) is 0 Å². The van der Waals surface area contributed by atoms with Crippen molar-refractivity contribution < 1.29 is 30.3 Å². The van der Waals surface area contributed by atoms with Crippen LogP contribution in [0.3, 0.4) is 0 Å². The van der Waals surface area contributed by atoms with Crippen LogP contribution in [0.25, 0.3) is 0 Å². The first-order chi connectivity index (χ1) is 9.01. The molecule has 7 N–H and O–H groups in total. The zero-order valence-electron chi connectivity index (χ0n) is 10.8. The van der Waals surface area contributed by atoms with E-state index in [1.807, 2.05) is 0 Å². The van der Waals surface area contributed by atoms with Gasteiger partial charge >= 0.3 is 5.97 Å². The number of hydrogen-bond donors (Lipinski definition) is 7. The van der Waals surface area contributed by atoms with Crippen LogP contribution >= 0.6 is 0 Å². The van der Waals surface area contributed by atoms with E-state index in [-0.39, 0.29) is 19.7 Å². The summed E-state index contributed by atoms with van der Waals surface area (Å²) in [5.41, 5.74) is 0. The van der Waals surface area contributed by atoms with E-state index in [0.29, 0.717) is 19.4 Å². The van der Waals surface area contributed by atoms with E-state index in [9.17, 15) is 4.79 Å². The maximum atomic E-state index is 10.9. The average molecular weight is 280 g/mol. The Morgan fingerprint density at radius 1 is 1.05 bits per heavy atom. The number of carboxylic acid groups (broad SMARTS) is 1. The molecule has 0 aliphatic rings. The largest absolute Gasteiger partial charge is 0.480 e. The summed E-state index contributed by atoms with van der Waals surface area (Å²) in [7, 11) is 0. The monoisotopic (exact) mass is 280 g/mol. The van der Waals surface area contributed by atoms with Crippen molar-refractivity contribution in [3.05, 3.63) is 0 Å². The van der Waals surface area contributed by atoms with E-state index >= 15 is 0 Å². The minimum absolute atomic E-state index is 0.0180. The van der Waals surface area contributed by atoms with Crippen LogP contribution < -0.4 is 10.6 Å². The Bertz CT molecular complexity index is 241. The first-order valence-electron chi connectivity index (χ1n) is 6.26. The summed E-state index contributed by atoms with van der Waals surface area (Å²) in [5.74, 6) is -1.01. The Hall–Kier alpha value is -0.770. The van der Waals surface area contributed by atoms with Gasteiger partial charge in [-0.25, -0.2) is 0 Å². The molecule has 0 heterocycles. The third-order valence-electron chi connectivity index (χ3n) is 2.55. The minimum atomic E-state index is -1.01. The predicted molar refractivity (Wildman–Crippen MR) is 67.7 cm³/mol. The van der Waals surface area contributed by atoms with Crippen molar-refractivity contribution in [2.75, 3.05) is 32.8 Å². The topological polar surface area (TPSA) is 142 Å². The minimum Gasteiger partial charge on any atom is -0.480 e. The second-order valence-corrected chi connectivity index (χ2v) is 4.32. The third kappa shape index (κ3) is 9.77. The number of hydrogen-bond acceptors (Lipinski definition) is 7. The molecule has 0 aromatic carbocycles. The molecule has 0 amide bonds. The second-order valence-electron chi connectivity index (χ2n) is 4.32. The molecule has 0 aromatic heterocycles. The van der Waals surface area contributed by atoms with Gasteiger partial charge < -0.3 is 36.2 Å². The number of aliphatic carboxylic acids is 1. The van der Waals surface area contributed by atoms with Crippen LogP contribution in [0.2, 0.25) is 0 Å². The van der Waals surface area contributed by atoms with Gasteiger partial charge in [0.2, 0.25) is 0 Å². The summed E-state index contributed by atoms with van der Waals surface area (Å²) < 4.78 is 0. The molecule has 3 atom stereocenters. The highest BCUT2D eigenvalue weighted by Gasteiger charge is 2.17. The van der Waals surface area contributed by atoms with Crippen molar-refractivity contribution in [3.63, 3.8) is 0 Å². The molecule has 8 nitrogen and oxygen atoms in total. The maximum absolute atomic E-state index is 10.9. The van der Waals surface area contributed by atoms with Gasteiger partial charge in [-0.2, -0.15) is 0 Å². The molecule has 0 saturated carbocycles. The molecule has 0 aliphatic carbocycles. The zero-order valence-corrected chi connectivity index (χ0v) is 10.8. The Morgan fingerprint density at radius 2 is 1.63 bits per heavy atom. The molecule has 8 heteroatoms. The highest BCUT2D eigenvalue weighted by molar-refractivity contribution is 5.73. The van der Waals surface area contributed by atoms with Gasteiger partial charge in [-0.05, 0) is 19.4 Å². The summed E-state index contributed by atoms with van der Waals surface area (Å²) >= 11 is 0. The maximum Gasteiger partial charge on any atom is 0.320 e. The van der Waals surface area contributed by atoms with E-state index in [1.54, 1.807) is 0 Å². The fraction of sp³-hybridized carbons (Fsp3) is 0.909. The van der Waals surface area contributed by atoms with E-state index in [0.717, 1.165) is 0 Å². The number of aliphatic hydroxyl groups excluding tert-OH is 4. The summed E-state index contributed by atoms with van der Waals surface area (Å²) in [5, 5.41) is 49.8. The van der Waals surface area contributed by atoms with E-state index in [2.05, 4.69) is 10.6 Å². The lowest BCUT2D eigenvalue weighted by Crippen LogP contribution is -2.42. The summed E-state index contributed by atoms with van der Waals surface area (Å²) in [4.78, 5) is 10.9. The molecule has 0 aliphatic heterocycles. The van der Waals surface area contributed by atoms with Crippen LogP contribution in [0.1, 0.15) is 12.8 Å². The number of rotatable bonds is 12. The van der Waals surface area contributed by atoms with Gasteiger partial charge in [-0.1, -0.05) is 0 Å². The van der Waals surface area contributed by atoms with Crippen LogP contribution in [-0.2, 0) is 4.79 Å². The van der Waals surface area contributed by atoms with Gasteiger partial charge in [0.1, 0.15) is 6.04 Å². The second kappa shape index (κ2) is 11.1. The SMILES string of the molecule is O=C(O)[C@H](CCCNCC(O)CO)NCC(O)CO. The quantitative estimate of drug-likeness (QED) is 0.189. The van der Waals surface area contributed by atoms with Gasteiger partial charge in [-0.3, -0.25) is 4.79 Å². The molecule has 0 fully saturated rings. The molecule has 114 valence electrons. The Balaban J connectivity index is 3.74. The highest BCUT2D eigenvalue weighted by atomic mass is 16.4. The van der Waals surface area contributed by atoms with Gasteiger partial charge in [0.25, 0.3) is 0 Å². The van der Waals surface area contributed by atoms with Crippen LogP contribution in [0, 0.1) is 0 Å². The lowest BCUT2D eigenvalue weighted by Gasteiger charge is -2.16. The fourth-order valence-corrected chi connectivity index (χ4v) is 1.42. The number of aliphatic hydroxyl groups is 4. The lowest BCUT2D eigenvalue weighted by molar-refractivity contribution is -0.139. The molecule has 2 unspecified atom stereocenters. The Kier molecular flexibility index (Phi) is 10.6. The Morgan fingerprint density at radius 3 is 2.16 bits per heavy atom. The van der Waals surface area contributed by atoms with Crippen LogP contribution in [-0.4, -0.2) is 82.6 Å². The van der Waals surface area contributed by atoms with Gasteiger partial charge in [0.05, 0.1) is 25.4 Å². The highest BCUT2D eigenvalue weighted by Crippen LogP contribution is 1.97. The average Bonchev–Trinajstić information content (AvgIpc) is 2.40. The van der Waals surface area contributed by atoms with Gasteiger partial charge in [-0.15, -0.1) is 0 Å². The fourth-order valence-electron chi connectivity index (χ4n) is 1.42. The predicted octanol–water partition coefficient (Wildman–Crippen LogP) is -2.89. The van der Waals surface area contributed by atoms with Crippen LogP contribution in [0.4, 0.5) is 0 Å². The normalized spacial score (nSPS) is 16.0. The lowest BCUT2D eigenvalue weighted by atomic mass is 10.1. The third-order valence-corrected chi connectivity index (χ3v) is 2.55. The van der Waals surface area contributed by atoms with Crippen molar-refractivity contribution in [1.82, 2.24) is 10.6 Å². The van der Waals surface area contributed by atoms with Crippen molar-refractivity contribution >= 4 is 5.97 Å². The summed E-state index contributed by atoms with van der Waals surface area (Å²) in [6, 6.07) is -0.786. The molecule has 0 aromatic rings. The zero-order chi connectivity index (χ0) is 14.7. The summed E-state index contributed by atoms with van der Waals surface area (Å²) in [6.45, 7) is 0.0609. The van der Waals surface area contributed by atoms with Crippen molar-refractivity contribution in [2.24, 2.45) is 0 Å². The number of nitrogens with one attached hydrogen (secondary N) is 2.